The molecule has 2 fully saturated rings. The summed E-state index contributed by atoms with van der Waals surface area (Å²) in [5, 5.41) is 8.65. The summed E-state index contributed by atoms with van der Waals surface area (Å²) in [6.07, 6.45) is -0.00504. The number of amides is 1. The zero-order valence-corrected chi connectivity index (χ0v) is 6.04. The highest BCUT2D eigenvalue weighted by atomic mass is 16.6. The Hall–Kier alpha value is -0.770. The van der Waals surface area contributed by atoms with Crippen molar-refractivity contribution in [2.75, 3.05) is 19.6 Å². The maximum atomic E-state index is 10.5. The second-order valence-electron chi connectivity index (χ2n) is 2.97. The quantitative estimate of drug-likeness (QED) is 0.524. The van der Waals surface area contributed by atoms with Gasteiger partial charge in [-0.2, -0.15) is 0 Å². The topological polar surface area (TPSA) is 53.1 Å². The minimum absolute atomic E-state index is 0.370. The SMILES string of the molecule is [2H]C1([2H])OC12CCN(C(=O)O)CC2. The number of nitrogens with zero attached hydrogens (tertiary/aromatic N) is 1. The van der Waals surface area contributed by atoms with Crippen LogP contribution in [0.5, 0.6) is 0 Å². The van der Waals surface area contributed by atoms with E-state index in [1.165, 1.54) is 4.90 Å². The number of carbonyl (C=O) groups is 1. The van der Waals surface area contributed by atoms with Gasteiger partial charge in [-0.25, -0.2) is 4.79 Å². The molecule has 2 heterocycles. The number of rotatable bonds is 0. The van der Waals surface area contributed by atoms with Crippen molar-refractivity contribution < 1.29 is 17.4 Å². The van der Waals surface area contributed by atoms with Crippen LogP contribution in [0.1, 0.15) is 15.6 Å². The Morgan fingerprint density at radius 3 is 2.55 bits per heavy atom. The van der Waals surface area contributed by atoms with Gasteiger partial charge in [-0.15, -0.1) is 0 Å². The first kappa shape index (κ1) is 4.98. The van der Waals surface area contributed by atoms with E-state index in [-0.39, 0.29) is 0 Å². The molecule has 2 saturated heterocycles. The molecule has 0 saturated carbocycles. The van der Waals surface area contributed by atoms with Gasteiger partial charge in [-0.05, 0) is 12.8 Å². The highest BCUT2D eigenvalue weighted by Crippen LogP contribution is 2.37. The Kier molecular flexibility index (Phi) is 0.953. The van der Waals surface area contributed by atoms with Gasteiger partial charge in [0, 0.05) is 13.1 Å². The summed E-state index contributed by atoms with van der Waals surface area (Å²) >= 11 is 0. The molecule has 0 unspecified atom stereocenters. The molecule has 0 aromatic heterocycles. The van der Waals surface area contributed by atoms with Crippen LogP contribution >= 0.6 is 0 Å². The largest absolute Gasteiger partial charge is 0.465 e. The summed E-state index contributed by atoms with van der Waals surface area (Å²) in [5.74, 6) is 0. The Bertz CT molecular complexity index is 248. The Labute approximate surface area is 67.6 Å². The van der Waals surface area contributed by atoms with E-state index in [0.29, 0.717) is 25.9 Å². The second kappa shape index (κ2) is 2.11. The van der Waals surface area contributed by atoms with E-state index in [9.17, 15) is 4.79 Å². The fraction of sp³-hybridized carbons (Fsp3) is 0.857. The van der Waals surface area contributed by atoms with Crippen molar-refractivity contribution in [3.05, 3.63) is 0 Å². The van der Waals surface area contributed by atoms with Gasteiger partial charge in [-0.3, -0.25) is 0 Å². The predicted octanol–water partition coefficient (Wildman–Crippen LogP) is 0.529. The molecule has 1 spiro atoms. The van der Waals surface area contributed by atoms with Crippen LogP contribution in [0.2, 0.25) is 0 Å². The fourth-order valence-corrected chi connectivity index (χ4v) is 1.34. The monoisotopic (exact) mass is 159 g/mol. The molecule has 11 heavy (non-hydrogen) atoms. The molecule has 4 heteroatoms. The predicted molar refractivity (Wildman–Crippen MR) is 37.5 cm³/mol. The van der Waals surface area contributed by atoms with Gasteiger partial charge in [0.15, 0.2) is 0 Å². The number of hydrogen-bond donors (Lipinski definition) is 1. The summed E-state index contributed by atoms with van der Waals surface area (Å²) in [4.78, 5) is 11.8. The molecule has 2 aliphatic rings. The Balaban J connectivity index is 1.95. The summed E-state index contributed by atoms with van der Waals surface area (Å²) < 4.78 is 19.7. The molecule has 4 nitrogen and oxygen atoms in total. The van der Waals surface area contributed by atoms with Crippen molar-refractivity contribution in [2.45, 2.75) is 18.4 Å². The fourth-order valence-electron chi connectivity index (χ4n) is 1.34. The lowest BCUT2D eigenvalue weighted by atomic mass is 9.98. The molecule has 1 amide bonds. The van der Waals surface area contributed by atoms with Gasteiger partial charge in [0.1, 0.15) is 0 Å². The van der Waals surface area contributed by atoms with E-state index in [0.717, 1.165) is 0 Å². The molecule has 0 bridgehead atoms. The average molecular weight is 159 g/mol. The number of ether oxygens (including phenoxy) is 1. The minimum Gasteiger partial charge on any atom is -0.465 e. The number of piperidine rings is 1. The van der Waals surface area contributed by atoms with E-state index >= 15 is 0 Å². The normalized spacial score (nSPS) is 34.4. The zero-order chi connectivity index (χ0) is 9.69. The third-order valence-electron chi connectivity index (χ3n) is 2.23. The van der Waals surface area contributed by atoms with Crippen LogP contribution in [-0.4, -0.2) is 41.3 Å². The molecule has 0 aliphatic carbocycles. The lowest BCUT2D eigenvalue weighted by Crippen LogP contribution is -2.40. The number of epoxide rings is 1. The summed E-state index contributed by atoms with van der Waals surface area (Å²) in [6, 6.07) is 0. The lowest BCUT2D eigenvalue weighted by molar-refractivity contribution is 0.113. The number of hydrogen-bond acceptors (Lipinski definition) is 2. The summed E-state index contributed by atoms with van der Waals surface area (Å²) in [7, 11) is 0. The van der Waals surface area contributed by atoms with E-state index < -0.39 is 18.3 Å². The van der Waals surface area contributed by atoms with Gasteiger partial charge in [0.05, 0.1) is 14.9 Å². The summed E-state index contributed by atoms with van der Waals surface area (Å²) in [5.41, 5.74) is -0.682. The van der Waals surface area contributed by atoms with E-state index in [4.69, 9.17) is 12.6 Å². The average Bonchev–Trinajstić information content (AvgIpc) is 2.53. The first-order valence-electron chi connectivity index (χ1n) is 4.65. The molecule has 2 rings (SSSR count). The minimum atomic E-state index is -1.53. The van der Waals surface area contributed by atoms with Crippen molar-refractivity contribution >= 4 is 6.09 Å². The maximum absolute atomic E-state index is 10.5. The maximum Gasteiger partial charge on any atom is 0.407 e. The smallest absolute Gasteiger partial charge is 0.407 e. The molecule has 1 N–H and O–H groups in total. The first-order valence-corrected chi connectivity index (χ1v) is 3.65. The standard InChI is InChI=1S/C7H11NO3/c9-6(10)8-3-1-7(2-4-8)5-11-7/h1-5H2,(H,9,10)/i5D2. The number of carboxylic acid groups (broad SMARTS) is 1. The third kappa shape index (κ3) is 1.18. The molecular weight excluding hydrogens is 146 g/mol. The molecular formula is C7H11NO3. The Morgan fingerprint density at radius 2 is 2.18 bits per heavy atom. The van der Waals surface area contributed by atoms with Crippen LogP contribution in [-0.2, 0) is 4.74 Å². The lowest BCUT2D eigenvalue weighted by Gasteiger charge is -2.27. The third-order valence-corrected chi connectivity index (χ3v) is 2.23. The van der Waals surface area contributed by atoms with Crippen LogP contribution in [0, 0.1) is 0 Å². The van der Waals surface area contributed by atoms with E-state index in [1.54, 1.807) is 0 Å². The highest BCUT2D eigenvalue weighted by molar-refractivity contribution is 5.65. The van der Waals surface area contributed by atoms with Crippen molar-refractivity contribution in [1.29, 1.82) is 0 Å². The summed E-state index contributed by atoms with van der Waals surface area (Å²) in [6.45, 7) is -0.790. The van der Waals surface area contributed by atoms with Crippen LogP contribution in [0.25, 0.3) is 0 Å². The molecule has 62 valence electrons. The van der Waals surface area contributed by atoms with Gasteiger partial charge in [0.25, 0.3) is 0 Å². The van der Waals surface area contributed by atoms with Crippen LogP contribution in [0.4, 0.5) is 4.79 Å². The highest BCUT2D eigenvalue weighted by Gasteiger charge is 2.47. The molecule has 0 aromatic carbocycles. The van der Waals surface area contributed by atoms with Crippen molar-refractivity contribution in [2.24, 2.45) is 0 Å². The Morgan fingerprint density at radius 1 is 1.64 bits per heavy atom. The molecule has 0 radical (unpaired) electrons. The van der Waals surface area contributed by atoms with Crippen molar-refractivity contribution in [1.82, 2.24) is 4.90 Å². The number of likely N-dealkylation sites (tertiary alicyclic amines) is 1. The van der Waals surface area contributed by atoms with Crippen LogP contribution in [0.3, 0.4) is 0 Å². The van der Waals surface area contributed by atoms with Gasteiger partial charge < -0.3 is 14.7 Å². The van der Waals surface area contributed by atoms with Crippen molar-refractivity contribution in [3.63, 3.8) is 0 Å². The molecule has 0 aromatic rings. The zero-order valence-electron chi connectivity index (χ0n) is 8.04. The second-order valence-corrected chi connectivity index (χ2v) is 2.97. The van der Waals surface area contributed by atoms with E-state index in [2.05, 4.69) is 0 Å². The van der Waals surface area contributed by atoms with Gasteiger partial charge in [-0.1, -0.05) is 0 Å². The van der Waals surface area contributed by atoms with Gasteiger partial charge >= 0.3 is 6.09 Å². The van der Waals surface area contributed by atoms with Gasteiger partial charge in [0.2, 0.25) is 0 Å². The van der Waals surface area contributed by atoms with Crippen LogP contribution in [0.15, 0.2) is 0 Å². The first-order chi connectivity index (χ1) is 5.97. The molecule has 0 atom stereocenters. The van der Waals surface area contributed by atoms with Crippen LogP contribution < -0.4 is 0 Å². The van der Waals surface area contributed by atoms with Crippen molar-refractivity contribution in [3.8, 4) is 0 Å². The molecule has 2 aliphatic heterocycles. The van der Waals surface area contributed by atoms with E-state index in [1.807, 2.05) is 0 Å².